The molecule has 0 saturated heterocycles. The molecular formula is C23H23F3N8. The zero-order valence-corrected chi connectivity index (χ0v) is 18.6. The lowest BCUT2D eigenvalue weighted by Crippen LogP contribution is -2.60. The van der Waals surface area contributed by atoms with E-state index in [1.165, 1.54) is 23.4 Å². The number of rotatable bonds is 4. The molecular weight excluding hydrogens is 445 g/mol. The molecule has 11 heteroatoms. The van der Waals surface area contributed by atoms with Gasteiger partial charge in [-0.3, -0.25) is 20.3 Å². The van der Waals surface area contributed by atoms with Gasteiger partial charge in [0.05, 0.1) is 12.2 Å². The van der Waals surface area contributed by atoms with E-state index in [9.17, 15) is 13.2 Å². The Morgan fingerprint density at radius 1 is 1.18 bits per heavy atom. The third kappa shape index (κ3) is 3.42. The van der Waals surface area contributed by atoms with E-state index in [1.807, 2.05) is 11.8 Å². The van der Waals surface area contributed by atoms with E-state index in [0.29, 0.717) is 42.2 Å². The monoisotopic (exact) mass is 468 g/mol. The lowest BCUT2D eigenvalue weighted by Gasteiger charge is -2.49. The molecule has 1 atom stereocenters. The number of alkyl halides is 1. The summed E-state index contributed by atoms with van der Waals surface area (Å²) in [5.41, 5.74) is 0.828. The Labute approximate surface area is 194 Å². The van der Waals surface area contributed by atoms with Crippen molar-refractivity contribution in [2.75, 3.05) is 9.80 Å². The van der Waals surface area contributed by atoms with Crippen LogP contribution >= 0.6 is 0 Å². The second-order valence-electron chi connectivity index (χ2n) is 8.49. The highest BCUT2D eigenvalue weighted by molar-refractivity contribution is 6.21. The summed E-state index contributed by atoms with van der Waals surface area (Å²) in [6, 6.07) is 3.02. The van der Waals surface area contributed by atoms with Crippen molar-refractivity contribution < 1.29 is 13.2 Å². The Morgan fingerprint density at radius 2 is 1.94 bits per heavy atom. The first-order chi connectivity index (χ1) is 16.3. The van der Waals surface area contributed by atoms with Crippen molar-refractivity contribution in [2.24, 2.45) is 0 Å². The molecule has 1 aliphatic carbocycles. The molecule has 5 rings (SSSR count). The summed E-state index contributed by atoms with van der Waals surface area (Å²) in [6.45, 7) is 3.53. The van der Waals surface area contributed by atoms with Gasteiger partial charge in [0.25, 0.3) is 0 Å². The highest BCUT2D eigenvalue weighted by Crippen LogP contribution is 2.42. The maximum Gasteiger partial charge on any atom is 0.237 e. The average molecular weight is 468 g/mol. The van der Waals surface area contributed by atoms with Crippen molar-refractivity contribution in [3.63, 3.8) is 0 Å². The number of benzene rings is 1. The third-order valence-electron chi connectivity index (χ3n) is 6.32. The summed E-state index contributed by atoms with van der Waals surface area (Å²) in [7, 11) is 0. The van der Waals surface area contributed by atoms with E-state index in [0.717, 1.165) is 12.1 Å². The van der Waals surface area contributed by atoms with Crippen LogP contribution in [0, 0.1) is 22.5 Å². The first-order valence-corrected chi connectivity index (χ1v) is 11.0. The molecule has 0 unspecified atom stereocenters. The van der Waals surface area contributed by atoms with E-state index < -0.39 is 17.8 Å². The average Bonchev–Trinajstić information content (AvgIpc) is 3.27. The number of imidazole rings is 1. The number of fused-ring (bicyclic) bond motifs is 1. The predicted octanol–water partition coefficient (Wildman–Crippen LogP) is 4.49. The molecule has 1 aliphatic heterocycles. The zero-order chi connectivity index (χ0) is 24.1. The second-order valence-corrected chi connectivity index (χ2v) is 8.49. The maximum absolute atomic E-state index is 13.9. The van der Waals surface area contributed by atoms with Crippen molar-refractivity contribution in [3.05, 3.63) is 48.4 Å². The summed E-state index contributed by atoms with van der Waals surface area (Å²) in [4.78, 5) is 16.9. The van der Waals surface area contributed by atoms with Gasteiger partial charge in [-0.25, -0.2) is 23.1 Å². The van der Waals surface area contributed by atoms with Gasteiger partial charge in [-0.15, -0.1) is 0 Å². The van der Waals surface area contributed by atoms with Gasteiger partial charge < -0.3 is 4.90 Å². The number of halogens is 3. The summed E-state index contributed by atoms with van der Waals surface area (Å²) in [5, 5.41) is 17.0. The zero-order valence-electron chi connectivity index (χ0n) is 18.6. The molecule has 176 valence electrons. The number of nitrogens with one attached hydrogen (secondary N) is 2. The van der Waals surface area contributed by atoms with Crippen molar-refractivity contribution >= 4 is 23.2 Å². The fraction of sp³-hybridized carbons (Fsp3) is 0.348. The summed E-state index contributed by atoms with van der Waals surface area (Å²) in [5.74, 6) is -0.493. The minimum absolute atomic E-state index is 0.122. The third-order valence-corrected chi connectivity index (χ3v) is 6.32. The van der Waals surface area contributed by atoms with Gasteiger partial charge in [0.15, 0.2) is 17.5 Å². The fourth-order valence-electron chi connectivity index (χ4n) is 4.62. The number of hydrogen-bond donors (Lipinski definition) is 2. The van der Waals surface area contributed by atoms with Crippen LogP contribution in [0.25, 0.3) is 17.3 Å². The minimum Gasteiger partial charge on any atom is -0.341 e. The van der Waals surface area contributed by atoms with Crippen LogP contribution in [0.15, 0.2) is 36.8 Å². The van der Waals surface area contributed by atoms with Gasteiger partial charge in [-0.2, -0.15) is 4.98 Å². The Kier molecular flexibility index (Phi) is 5.34. The van der Waals surface area contributed by atoms with Crippen molar-refractivity contribution in [3.8, 4) is 17.3 Å². The van der Waals surface area contributed by atoms with Crippen LogP contribution in [0.2, 0.25) is 0 Å². The van der Waals surface area contributed by atoms with E-state index in [4.69, 9.17) is 15.8 Å². The van der Waals surface area contributed by atoms with E-state index in [-0.39, 0.29) is 29.7 Å². The SMILES string of the molecule is CC[C@@H]1C(=N)N(C(C)=N)c2cnc(-n3ccnc3-c3ccc(F)c(F)c3)nc2N1C1CC(F)C1. The second kappa shape index (κ2) is 8.23. The molecule has 0 radical (unpaired) electrons. The van der Waals surface area contributed by atoms with Crippen LogP contribution in [0.4, 0.5) is 24.7 Å². The lowest BCUT2D eigenvalue weighted by atomic mass is 9.86. The topological polar surface area (TPSA) is 97.8 Å². The Morgan fingerprint density at radius 3 is 2.59 bits per heavy atom. The van der Waals surface area contributed by atoms with E-state index >= 15 is 0 Å². The van der Waals surface area contributed by atoms with Crippen molar-refractivity contribution in [1.82, 2.24) is 19.5 Å². The molecule has 1 fully saturated rings. The van der Waals surface area contributed by atoms with Crippen LogP contribution in [0.3, 0.4) is 0 Å². The van der Waals surface area contributed by atoms with Crippen LogP contribution in [0.5, 0.6) is 0 Å². The number of anilines is 2. The molecule has 0 bridgehead atoms. The smallest absolute Gasteiger partial charge is 0.237 e. The fourth-order valence-corrected chi connectivity index (χ4v) is 4.62. The number of aromatic nitrogens is 4. The molecule has 0 amide bonds. The van der Waals surface area contributed by atoms with Crippen LogP contribution in [-0.4, -0.2) is 49.4 Å². The first kappa shape index (κ1) is 22.1. The van der Waals surface area contributed by atoms with Crippen molar-refractivity contribution in [2.45, 2.75) is 51.4 Å². The van der Waals surface area contributed by atoms with Crippen LogP contribution in [0.1, 0.15) is 33.1 Å². The molecule has 2 aromatic heterocycles. The van der Waals surface area contributed by atoms with Gasteiger partial charge in [-0.05, 0) is 44.4 Å². The summed E-state index contributed by atoms with van der Waals surface area (Å²) >= 11 is 0. The molecule has 2 N–H and O–H groups in total. The van der Waals surface area contributed by atoms with Crippen LogP contribution in [-0.2, 0) is 0 Å². The quantitative estimate of drug-likeness (QED) is 0.434. The summed E-state index contributed by atoms with van der Waals surface area (Å²) in [6.07, 6.45) is 5.04. The molecule has 1 saturated carbocycles. The normalized spacial score (nSPS) is 21.9. The summed E-state index contributed by atoms with van der Waals surface area (Å²) < 4.78 is 42.7. The molecule has 2 aliphatic rings. The number of amidine groups is 2. The number of hydrogen-bond acceptors (Lipinski definition) is 6. The molecule has 3 heterocycles. The molecule has 3 aromatic rings. The minimum atomic E-state index is -0.989. The van der Waals surface area contributed by atoms with Gasteiger partial charge in [0.2, 0.25) is 5.95 Å². The maximum atomic E-state index is 13.9. The Bertz CT molecular complexity index is 1280. The standard InChI is InChI=1S/C23H23F3N8/c1-3-18-20(28)33(12(2)27)19-11-30-23(31-22(19)34(18)15-9-14(24)10-15)32-7-6-29-21(32)13-4-5-16(25)17(26)8-13/h4-8,11,14-15,18,27-28H,3,9-10H2,1-2H3/t14?,15?,18-/m1/s1. The first-order valence-electron chi connectivity index (χ1n) is 11.0. The molecule has 1 aromatic carbocycles. The predicted molar refractivity (Wildman–Crippen MR) is 123 cm³/mol. The van der Waals surface area contributed by atoms with Gasteiger partial charge >= 0.3 is 0 Å². The lowest BCUT2D eigenvalue weighted by molar-refractivity contribution is 0.170. The highest BCUT2D eigenvalue weighted by Gasteiger charge is 2.45. The molecule has 34 heavy (non-hydrogen) atoms. The van der Waals surface area contributed by atoms with Crippen LogP contribution < -0.4 is 9.80 Å². The van der Waals surface area contributed by atoms with Gasteiger partial charge in [-0.1, -0.05) is 6.92 Å². The number of nitrogens with zero attached hydrogens (tertiary/aromatic N) is 6. The van der Waals surface area contributed by atoms with E-state index in [2.05, 4.69) is 9.97 Å². The molecule has 0 spiro atoms. The van der Waals surface area contributed by atoms with E-state index in [1.54, 1.807) is 17.7 Å². The van der Waals surface area contributed by atoms with Gasteiger partial charge in [0, 0.05) is 24.0 Å². The molecule has 8 nitrogen and oxygen atoms in total. The Hall–Kier alpha value is -3.76. The largest absolute Gasteiger partial charge is 0.341 e. The van der Waals surface area contributed by atoms with Crippen molar-refractivity contribution in [1.29, 1.82) is 10.8 Å². The van der Waals surface area contributed by atoms with Gasteiger partial charge in [0.1, 0.15) is 29.4 Å². The Balaban J connectivity index is 1.64. The highest BCUT2D eigenvalue weighted by atomic mass is 19.2.